The molecule has 6 heteroatoms. The summed E-state index contributed by atoms with van der Waals surface area (Å²) in [7, 11) is 0. The lowest BCUT2D eigenvalue weighted by atomic mass is 9.72. The van der Waals surface area contributed by atoms with Gasteiger partial charge >= 0.3 is 11.9 Å². The number of hydrogen-bond donors (Lipinski definition) is 3. The molecule has 0 aromatic rings. The van der Waals surface area contributed by atoms with Crippen LogP contribution in [0.15, 0.2) is 0 Å². The van der Waals surface area contributed by atoms with Crippen molar-refractivity contribution < 1.29 is 29.7 Å². The second-order valence-corrected chi connectivity index (χ2v) is 4.89. The van der Waals surface area contributed by atoms with Gasteiger partial charge in [0.05, 0.1) is 5.92 Å². The Morgan fingerprint density at radius 2 is 1.94 bits per heavy atom. The van der Waals surface area contributed by atoms with E-state index < -0.39 is 35.7 Å². The summed E-state index contributed by atoms with van der Waals surface area (Å²) in [6.45, 7) is 1.74. The van der Waals surface area contributed by atoms with Crippen LogP contribution in [0.5, 0.6) is 0 Å². The zero-order chi connectivity index (χ0) is 13.9. The van der Waals surface area contributed by atoms with Crippen LogP contribution in [0.3, 0.4) is 0 Å². The van der Waals surface area contributed by atoms with Gasteiger partial charge in [-0.25, -0.2) is 0 Å². The first-order chi connectivity index (χ1) is 8.34. The Balaban J connectivity index is 2.76. The number of aliphatic carboxylic acids is 2. The molecule has 0 spiro atoms. The SMILES string of the molecule is CC1CCC(C(CCC(=O)O)C(=O)O)C(=O)C1O. The minimum absolute atomic E-state index is 0.0812. The van der Waals surface area contributed by atoms with Crippen LogP contribution in [-0.2, 0) is 14.4 Å². The number of ketones is 1. The van der Waals surface area contributed by atoms with E-state index >= 15 is 0 Å². The number of rotatable bonds is 5. The molecule has 0 aliphatic heterocycles. The molecule has 4 unspecified atom stereocenters. The topological polar surface area (TPSA) is 112 Å². The molecule has 1 aliphatic rings. The standard InChI is InChI=1S/C12H18O6/c1-6-2-3-7(11(16)10(6)15)8(12(17)18)4-5-9(13)14/h6-8,10,15H,2-5H2,1H3,(H,13,14)(H,17,18). The van der Waals surface area contributed by atoms with E-state index in [4.69, 9.17) is 10.2 Å². The Bertz CT molecular complexity index is 350. The van der Waals surface area contributed by atoms with Crippen molar-refractivity contribution in [2.75, 3.05) is 0 Å². The average Bonchev–Trinajstić information content (AvgIpc) is 2.28. The van der Waals surface area contributed by atoms with Crippen molar-refractivity contribution in [2.24, 2.45) is 17.8 Å². The highest BCUT2D eigenvalue weighted by atomic mass is 16.4. The van der Waals surface area contributed by atoms with Gasteiger partial charge in [-0.15, -0.1) is 0 Å². The third-order valence-electron chi connectivity index (χ3n) is 3.60. The van der Waals surface area contributed by atoms with Crippen LogP contribution in [0, 0.1) is 17.8 Å². The van der Waals surface area contributed by atoms with Gasteiger partial charge in [-0.05, 0) is 25.2 Å². The normalized spacial score (nSPS) is 29.9. The minimum Gasteiger partial charge on any atom is -0.481 e. The molecular weight excluding hydrogens is 240 g/mol. The molecule has 0 saturated heterocycles. The largest absolute Gasteiger partial charge is 0.481 e. The predicted molar refractivity (Wildman–Crippen MR) is 60.9 cm³/mol. The molecule has 0 aromatic carbocycles. The van der Waals surface area contributed by atoms with Crippen LogP contribution >= 0.6 is 0 Å². The molecule has 3 N–H and O–H groups in total. The molecule has 6 nitrogen and oxygen atoms in total. The van der Waals surface area contributed by atoms with Gasteiger partial charge in [0.1, 0.15) is 6.10 Å². The number of hydrogen-bond acceptors (Lipinski definition) is 4. The number of carboxylic acids is 2. The Morgan fingerprint density at radius 1 is 1.33 bits per heavy atom. The van der Waals surface area contributed by atoms with E-state index in [1.54, 1.807) is 6.92 Å². The summed E-state index contributed by atoms with van der Waals surface area (Å²) in [5.74, 6) is -4.67. The summed E-state index contributed by atoms with van der Waals surface area (Å²) in [6.07, 6.45) is -0.521. The van der Waals surface area contributed by atoms with Crippen LogP contribution < -0.4 is 0 Å². The number of carboxylic acid groups (broad SMARTS) is 2. The summed E-state index contributed by atoms with van der Waals surface area (Å²) >= 11 is 0. The molecule has 0 amide bonds. The van der Waals surface area contributed by atoms with Gasteiger partial charge in [-0.1, -0.05) is 6.92 Å². The van der Waals surface area contributed by atoms with Gasteiger partial charge in [0, 0.05) is 12.3 Å². The lowest BCUT2D eigenvalue weighted by molar-refractivity contribution is -0.153. The van der Waals surface area contributed by atoms with Gasteiger partial charge in [-0.2, -0.15) is 0 Å². The first kappa shape index (κ1) is 14.6. The van der Waals surface area contributed by atoms with Crippen molar-refractivity contribution >= 4 is 17.7 Å². The molecule has 0 heterocycles. The highest BCUT2D eigenvalue weighted by Gasteiger charge is 2.41. The lowest BCUT2D eigenvalue weighted by Gasteiger charge is -2.32. The minimum atomic E-state index is -1.17. The maximum atomic E-state index is 11.9. The number of aliphatic hydroxyl groups excluding tert-OH is 1. The number of aliphatic hydroxyl groups is 1. The first-order valence-corrected chi connectivity index (χ1v) is 6.01. The highest BCUT2D eigenvalue weighted by molar-refractivity contribution is 5.90. The van der Waals surface area contributed by atoms with E-state index in [0.717, 1.165) is 0 Å². The summed E-state index contributed by atoms with van der Waals surface area (Å²) in [4.78, 5) is 33.5. The third-order valence-corrected chi connectivity index (χ3v) is 3.60. The molecular formula is C12H18O6. The second kappa shape index (κ2) is 5.95. The van der Waals surface area contributed by atoms with Crippen molar-refractivity contribution in [3.8, 4) is 0 Å². The summed E-state index contributed by atoms with van der Waals surface area (Å²) < 4.78 is 0. The zero-order valence-electron chi connectivity index (χ0n) is 10.2. The van der Waals surface area contributed by atoms with Crippen LogP contribution in [0.25, 0.3) is 0 Å². The summed E-state index contributed by atoms with van der Waals surface area (Å²) in [5.41, 5.74) is 0. The van der Waals surface area contributed by atoms with Gasteiger partial charge in [0.15, 0.2) is 5.78 Å². The number of carbonyl (C=O) groups excluding carboxylic acids is 1. The Labute approximate surface area is 105 Å². The molecule has 1 aliphatic carbocycles. The van der Waals surface area contributed by atoms with Crippen molar-refractivity contribution in [1.82, 2.24) is 0 Å². The van der Waals surface area contributed by atoms with E-state index in [2.05, 4.69) is 0 Å². The van der Waals surface area contributed by atoms with Gasteiger partial charge in [0.25, 0.3) is 0 Å². The smallest absolute Gasteiger partial charge is 0.307 e. The Hall–Kier alpha value is -1.43. The zero-order valence-corrected chi connectivity index (χ0v) is 10.2. The molecule has 0 aromatic heterocycles. The van der Waals surface area contributed by atoms with E-state index in [1.807, 2.05) is 0 Å². The Morgan fingerprint density at radius 3 is 2.44 bits per heavy atom. The van der Waals surface area contributed by atoms with Crippen molar-refractivity contribution in [2.45, 2.75) is 38.7 Å². The van der Waals surface area contributed by atoms with Crippen LogP contribution in [0.4, 0.5) is 0 Å². The molecule has 1 fully saturated rings. The predicted octanol–water partition coefficient (Wildman–Crippen LogP) is 0.528. The van der Waals surface area contributed by atoms with E-state index in [1.165, 1.54) is 0 Å². The van der Waals surface area contributed by atoms with Gasteiger partial charge < -0.3 is 15.3 Å². The molecule has 4 atom stereocenters. The number of Topliss-reactive ketones (excluding diaryl/α,β-unsaturated/α-hetero) is 1. The van der Waals surface area contributed by atoms with E-state index in [-0.39, 0.29) is 18.8 Å². The quantitative estimate of drug-likeness (QED) is 0.663. The fourth-order valence-corrected chi connectivity index (χ4v) is 2.42. The fourth-order valence-electron chi connectivity index (χ4n) is 2.42. The summed E-state index contributed by atoms with van der Waals surface area (Å²) in [6, 6.07) is 0. The number of carbonyl (C=O) groups is 3. The molecule has 0 bridgehead atoms. The molecule has 1 saturated carbocycles. The van der Waals surface area contributed by atoms with Crippen molar-refractivity contribution in [3.05, 3.63) is 0 Å². The molecule has 102 valence electrons. The maximum absolute atomic E-state index is 11.9. The van der Waals surface area contributed by atoms with Crippen molar-refractivity contribution in [3.63, 3.8) is 0 Å². The second-order valence-electron chi connectivity index (χ2n) is 4.89. The monoisotopic (exact) mass is 258 g/mol. The maximum Gasteiger partial charge on any atom is 0.307 e. The van der Waals surface area contributed by atoms with Gasteiger partial charge in [-0.3, -0.25) is 14.4 Å². The lowest BCUT2D eigenvalue weighted by Crippen LogP contribution is -2.43. The van der Waals surface area contributed by atoms with E-state index in [0.29, 0.717) is 12.8 Å². The van der Waals surface area contributed by atoms with Crippen LogP contribution in [0.2, 0.25) is 0 Å². The van der Waals surface area contributed by atoms with Crippen LogP contribution in [0.1, 0.15) is 32.6 Å². The van der Waals surface area contributed by atoms with Gasteiger partial charge in [0.2, 0.25) is 0 Å². The van der Waals surface area contributed by atoms with Crippen molar-refractivity contribution in [1.29, 1.82) is 0 Å². The highest BCUT2D eigenvalue weighted by Crippen LogP contribution is 2.33. The Kier molecular flexibility index (Phi) is 4.84. The molecule has 1 rings (SSSR count). The first-order valence-electron chi connectivity index (χ1n) is 6.01. The summed E-state index contributed by atoms with van der Waals surface area (Å²) in [5, 5.41) is 27.3. The van der Waals surface area contributed by atoms with Crippen LogP contribution in [-0.4, -0.2) is 39.1 Å². The molecule has 18 heavy (non-hydrogen) atoms. The average molecular weight is 258 g/mol. The van der Waals surface area contributed by atoms with E-state index in [9.17, 15) is 19.5 Å². The molecule has 0 radical (unpaired) electrons. The fraction of sp³-hybridized carbons (Fsp3) is 0.750. The third kappa shape index (κ3) is 3.29.